The molecule has 0 aromatic carbocycles. The van der Waals surface area contributed by atoms with E-state index in [0.29, 0.717) is 0 Å². The van der Waals surface area contributed by atoms with Gasteiger partial charge >= 0.3 is 0 Å². The molecule has 1 aromatic rings. The highest BCUT2D eigenvalue weighted by Gasteiger charge is 2.14. The Morgan fingerprint density at radius 3 is 2.25 bits per heavy atom. The Morgan fingerprint density at radius 1 is 1.08 bits per heavy atom. The van der Waals surface area contributed by atoms with E-state index in [1.54, 1.807) is 0 Å². The van der Waals surface area contributed by atoms with Crippen molar-refractivity contribution >= 4 is 0 Å². The zero-order valence-electron chi connectivity index (χ0n) is 5.72. The minimum Gasteiger partial charge on any atom is -0.236 e. The molecule has 0 spiro atoms. The molecule has 0 unspecified atom stereocenters. The van der Waals surface area contributed by atoms with Crippen LogP contribution in [0.5, 0.6) is 0 Å². The predicted molar refractivity (Wildman–Crippen MR) is 31.9 cm³/mol. The smallest absolute Gasteiger partial charge is 0.236 e. The van der Waals surface area contributed by atoms with Crippen molar-refractivity contribution in [3.05, 3.63) is 23.8 Å². The molecule has 0 aliphatic rings. The average molecular weight is 180 g/mol. The molecule has 0 N–H and O–H groups in total. The van der Waals surface area contributed by atoms with E-state index in [1.807, 2.05) is 0 Å². The van der Waals surface area contributed by atoms with E-state index in [0.717, 1.165) is 12.3 Å². The lowest BCUT2D eigenvalue weighted by Crippen LogP contribution is -1.99. The molecular weight excluding hydrogens is 176 g/mol. The Morgan fingerprint density at radius 2 is 1.75 bits per heavy atom. The van der Waals surface area contributed by atoms with Crippen molar-refractivity contribution in [2.45, 2.75) is 12.9 Å². The first-order valence-electron chi connectivity index (χ1n) is 3.00. The fourth-order valence-corrected chi connectivity index (χ4v) is 0.615. The van der Waals surface area contributed by atoms with Gasteiger partial charge in [0.15, 0.2) is 5.82 Å². The molecule has 1 rings (SSSR count). The zero-order valence-corrected chi connectivity index (χ0v) is 5.72. The number of alkyl halides is 4. The minimum absolute atomic E-state index is 0.680. The van der Waals surface area contributed by atoms with Gasteiger partial charge in [0.25, 0.3) is 12.9 Å². The van der Waals surface area contributed by atoms with Crippen LogP contribution in [0.4, 0.5) is 17.6 Å². The van der Waals surface area contributed by atoms with Crippen molar-refractivity contribution in [2.75, 3.05) is 0 Å². The number of aromatic nitrogens is 2. The van der Waals surface area contributed by atoms with Gasteiger partial charge in [0.1, 0.15) is 5.69 Å². The van der Waals surface area contributed by atoms with Gasteiger partial charge < -0.3 is 0 Å². The lowest BCUT2D eigenvalue weighted by molar-refractivity contribution is 0.129. The van der Waals surface area contributed by atoms with E-state index < -0.39 is 24.4 Å². The van der Waals surface area contributed by atoms with Gasteiger partial charge in [-0.05, 0) is 6.07 Å². The molecule has 12 heavy (non-hydrogen) atoms. The summed E-state index contributed by atoms with van der Waals surface area (Å²) in [6.45, 7) is 0. The minimum atomic E-state index is -2.91. The molecule has 2 nitrogen and oxygen atoms in total. The first kappa shape index (κ1) is 8.89. The lowest BCUT2D eigenvalue weighted by Gasteiger charge is -2.00. The molecule has 0 aliphatic heterocycles. The molecular formula is C6H4F4N2. The fraction of sp³-hybridized carbons (Fsp3) is 0.333. The molecule has 0 radical (unpaired) electrons. The number of halogens is 4. The van der Waals surface area contributed by atoms with Crippen LogP contribution in [0.25, 0.3) is 0 Å². The quantitative estimate of drug-likeness (QED) is 0.653. The molecule has 0 saturated heterocycles. The van der Waals surface area contributed by atoms with Gasteiger partial charge in [-0.3, -0.25) is 0 Å². The van der Waals surface area contributed by atoms with Crippen LogP contribution in [0.2, 0.25) is 0 Å². The molecule has 0 bridgehead atoms. The van der Waals surface area contributed by atoms with Crippen LogP contribution in [-0.4, -0.2) is 9.97 Å². The molecule has 0 atom stereocenters. The Bertz CT molecular complexity index is 240. The largest absolute Gasteiger partial charge is 0.297 e. The Balaban J connectivity index is 2.96. The van der Waals surface area contributed by atoms with Crippen molar-refractivity contribution in [2.24, 2.45) is 0 Å². The van der Waals surface area contributed by atoms with Gasteiger partial charge in [0.2, 0.25) is 0 Å². The highest BCUT2D eigenvalue weighted by Crippen LogP contribution is 2.19. The predicted octanol–water partition coefficient (Wildman–Crippen LogP) is 2.35. The second kappa shape index (κ2) is 3.46. The highest BCUT2D eigenvalue weighted by molar-refractivity contribution is 5.03. The van der Waals surface area contributed by atoms with Crippen LogP contribution in [0.3, 0.4) is 0 Å². The summed E-state index contributed by atoms with van der Waals surface area (Å²) in [6.07, 6.45) is -4.87. The lowest BCUT2D eigenvalue weighted by atomic mass is 10.4. The third kappa shape index (κ3) is 1.90. The van der Waals surface area contributed by atoms with Crippen molar-refractivity contribution < 1.29 is 17.6 Å². The van der Waals surface area contributed by atoms with Crippen molar-refractivity contribution in [1.82, 2.24) is 9.97 Å². The summed E-state index contributed by atoms with van der Waals surface area (Å²) in [4.78, 5) is 6.09. The van der Waals surface area contributed by atoms with Crippen LogP contribution >= 0.6 is 0 Å². The van der Waals surface area contributed by atoms with E-state index in [-0.39, 0.29) is 0 Å². The first-order chi connectivity index (χ1) is 5.61. The van der Waals surface area contributed by atoms with Crippen LogP contribution in [0, 0.1) is 0 Å². The van der Waals surface area contributed by atoms with Crippen molar-refractivity contribution in [1.29, 1.82) is 0 Å². The number of hydrogen-bond acceptors (Lipinski definition) is 2. The summed E-state index contributed by atoms with van der Waals surface area (Å²) < 4.78 is 47.4. The normalized spacial score (nSPS) is 11.2. The maximum atomic E-state index is 11.9. The molecule has 0 saturated carbocycles. The van der Waals surface area contributed by atoms with Crippen LogP contribution in [0.1, 0.15) is 24.4 Å². The summed E-state index contributed by atoms with van der Waals surface area (Å²) in [6, 6.07) is 0.899. The van der Waals surface area contributed by atoms with E-state index in [4.69, 9.17) is 0 Å². The second-order valence-electron chi connectivity index (χ2n) is 1.94. The average Bonchev–Trinajstić information content (AvgIpc) is 2.04. The fourth-order valence-electron chi connectivity index (χ4n) is 0.615. The summed E-state index contributed by atoms with van der Waals surface area (Å²) >= 11 is 0. The van der Waals surface area contributed by atoms with Crippen LogP contribution in [0.15, 0.2) is 12.3 Å². The topological polar surface area (TPSA) is 25.8 Å². The third-order valence-corrected chi connectivity index (χ3v) is 1.11. The number of hydrogen-bond donors (Lipinski definition) is 0. The third-order valence-electron chi connectivity index (χ3n) is 1.11. The highest BCUT2D eigenvalue weighted by atomic mass is 19.3. The molecule has 66 valence electrons. The van der Waals surface area contributed by atoms with Crippen LogP contribution in [-0.2, 0) is 0 Å². The summed E-state index contributed by atoms with van der Waals surface area (Å²) in [7, 11) is 0. The van der Waals surface area contributed by atoms with Gasteiger partial charge in [-0.1, -0.05) is 0 Å². The molecule has 0 amide bonds. The summed E-state index contributed by atoms with van der Waals surface area (Å²) in [5.41, 5.74) is -0.680. The van der Waals surface area contributed by atoms with Gasteiger partial charge in [0.05, 0.1) is 0 Å². The summed E-state index contributed by atoms with van der Waals surface area (Å²) in [5.74, 6) is -0.868. The van der Waals surface area contributed by atoms with E-state index in [2.05, 4.69) is 9.97 Å². The van der Waals surface area contributed by atoms with Crippen molar-refractivity contribution in [3.8, 4) is 0 Å². The Kier molecular flexibility index (Phi) is 2.57. The van der Waals surface area contributed by atoms with Gasteiger partial charge in [-0.2, -0.15) is 0 Å². The molecule has 6 heteroatoms. The van der Waals surface area contributed by atoms with Crippen molar-refractivity contribution in [3.63, 3.8) is 0 Å². The van der Waals surface area contributed by atoms with E-state index in [1.165, 1.54) is 0 Å². The first-order valence-corrected chi connectivity index (χ1v) is 3.00. The van der Waals surface area contributed by atoms with Gasteiger partial charge in [0, 0.05) is 6.20 Å². The van der Waals surface area contributed by atoms with Gasteiger partial charge in [-0.25, -0.2) is 27.5 Å². The number of nitrogens with zero attached hydrogens (tertiary/aromatic N) is 2. The Hall–Kier alpha value is -1.20. The second-order valence-corrected chi connectivity index (χ2v) is 1.94. The standard InChI is InChI=1S/C6H4F4N2/c7-4(8)3-1-2-11-6(12-3)5(9)10/h1-2,4-5H. The SMILES string of the molecule is FC(F)c1ccnc(C(F)F)n1. The van der Waals surface area contributed by atoms with E-state index in [9.17, 15) is 17.6 Å². The maximum Gasteiger partial charge on any atom is 0.297 e. The zero-order chi connectivity index (χ0) is 9.14. The maximum absolute atomic E-state index is 11.9. The number of rotatable bonds is 2. The Labute approximate surface area is 65.3 Å². The van der Waals surface area contributed by atoms with Gasteiger partial charge in [-0.15, -0.1) is 0 Å². The van der Waals surface area contributed by atoms with E-state index >= 15 is 0 Å². The molecule has 0 aliphatic carbocycles. The molecule has 0 fully saturated rings. The molecule has 1 aromatic heterocycles. The van der Waals surface area contributed by atoms with Crippen LogP contribution < -0.4 is 0 Å². The molecule has 1 heterocycles. The summed E-state index contributed by atoms with van der Waals surface area (Å²) in [5, 5.41) is 0. The monoisotopic (exact) mass is 180 g/mol.